The molecule has 1 saturated heterocycles. The van der Waals surface area contributed by atoms with Crippen LogP contribution in [0.1, 0.15) is 6.92 Å². The Bertz CT molecular complexity index is 296. The molecular weight excluding hydrogens is 228 g/mol. The minimum Gasteiger partial charge on any atom is -0.480 e. The molecule has 1 atom stereocenters. The number of urea groups is 1. The van der Waals surface area contributed by atoms with Crippen molar-refractivity contribution in [2.24, 2.45) is 0 Å². The van der Waals surface area contributed by atoms with E-state index in [2.05, 4.69) is 6.58 Å². The average molecular weight is 244 g/mol. The van der Waals surface area contributed by atoms with E-state index in [1.807, 2.05) is 6.92 Å². The van der Waals surface area contributed by atoms with Gasteiger partial charge in [0.05, 0.1) is 5.88 Å². The van der Waals surface area contributed by atoms with Gasteiger partial charge in [-0.15, -0.1) is 18.3 Å². The summed E-state index contributed by atoms with van der Waals surface area (Å²) in [5.41, 5.74) is 0. The van der Waals surface area contributed by atoms with E-state index in [1.54, 1.807) is 11.0 Å². The zero-order chi connectivity index (χ0) is 12.1. The van der Waals surface area contributed by atoms with Gasteiger partial charge in [0.1, 0.15) is 6.04 Å². The second-order valence-corrected chi connectivity index (χ2v) is 4.43. The van der Waals surface area contributed by atoms with E-state index in [1.165, 1.54) is 16.7 Å². The van der Waals surface area contributed by atoms with Crippen molar-refractivity contribution in [2.45, 2.75) is 13.0 Å². The molecule has 0 aromatic heterocycles. The van der Waals surface area contributed by atoms with Crippen LogP contribution in [0.3, 0.4) is 0 Å². The number of hydrogen-bond donors (Lipinski definition) is 1. The molecule has 0 aromatic carbocycles. The number of carboxylic acids is 1. The van der Waals surface area contributed by atoms with Crippen LogP contribution in [0.5, 0.6) is 0 Å². The summed E-state index contributed by atoms with van der Waals surface area (Å²) in [5, 5.41) is 8.97. The molecule has 1 aliphatic heterocycles. The molecule has 0 aliphatic carbocycles. The lowest BCUT2D eigenvalue weighted by Crippen LogP contribution is -2.48. The molecule has 0 spiro atoms. The van der Waals surface area contributed by atoms with Crippen molar-refractivity contribution < 1.29 is 14.7 Å². The standard InChI is InChI=1S/C10H16N2O3S/c1-3-5-11(4-2)10(15)12-7-16-6-8(12)9(13)14/h3,8H,1,4-7H2,2H3,(H,13,14). The lowest BCUT2D eigenvalue weighted by atomic mass is 10.3. The molecule has 1 fully saturated rings. The smallest absolute Gasteiger partial charge is 0.327 e. The Hall–Kier alpha value is -1.17. The summed E-state index contributed by atoms with van der Waals surface area (Å²) in [6.45, 7) is 6.44. The van der Waals surface area contributed by atoms with Crippen molar-refractivity contribution in [3.8, 4) is 0 Å². The lowest BCUT2D eigenvalue weighted by molar-refractivity contribution is -0.140. The van der Waals surface area contributed by atoms with E-state index >= 15 is 0 Å². The number of carbonyl (C=O) groups excluding carboxylic acids is 1. The highest BCUT2D eigenvalue weighted by Crippen LogP contribution is 2.22. The van der Waals surface area contributed by atoms with Gasteiger partial charge in [-0.2, -0.15) is 0 Å². The molecular formula is C10H16N2O3S. The molecule has 1 aliphatic rings. The number of aliphatic carboxylic acids is 1. The number of hydrogen-bond acceptors (Lipinski definition) is 3. The third-order valence-corrected chi connectivity index (χ3v) is 3.43. The normalized spacial score (nSPS) is 19.6. The number of carbonyl (C=O) groups is 2. The summed E-state index contributed by atoms with van der Waals surface area (Å²) in [6.07, 6.45) is 1.64. The third-order valence-electron chi connectivity index (χ3n) is 2.41. The van der Waals surface area contributed by atoms with Crippen molar-refractivity contribution in [3.05, 3.63) is 12.7 Å². The van der Waals surface area contributed by atoms with Gasteiger partial charge in [0.25, 0.3) is 0 Å². The molecule has 1 heterocycles. The fourth-order valence-corrected chi connectivity index (χ4v) is 2.65. The number of thioether (sulfide) groups is 1. The summed E-state index contributed by atoms with van der Waals surface area (Å²) in [5.74, 6) is -0.0242. The number of rotatable bonds is 4. The molecule has 0 saturated carbocycles. The van der Waals surface area contributed by atoms with E-state index in [-0.39, 0.29) is 6.03 Å². The van der Waals surface area contributed by atoms with Crippen molar-refractivity contribution >= 4 is 23.8 Å². The van der Waals surface area contributed by atoms with E-state index in [0.29, 0.717) is 24.7 Å². The molecule has 6 heteroatoms. The van der Waals surface area contributed by atoms with Crippen molar-refractivity contribution in [3.63, 3.8) is 0 Å². The Morgan fingerprint density at radius 1 is 1.69 bits per heavy atom. The van der Waals surface area contributed by atoms with Gasteiger partial charge in [0.2, 0.25) is 0 Å². The molecule has 1 N–H and O–H groups in total. The Labute approximate surface area is 99.1 Å². The van der Waals surface area contributed by atoms with Gasteiger partial charge in [0.15, 0.2) is 0 Å². The molecule has 2 amide bonds. The predicted octanol–water partition coefficient (Wildman–Crippen LogP) is 1.07. The molecule has 16 heavy (non-hydrogen) atoms. The van der Waals surface area contributed by atoms with Gasteiger partial charge >= 0.3 is 12.0 Å². The summed E-state index contributed by atoms with van der Waals surface area (Å²) >= 11 is 1.46. The summed E-state index contributed by atoms with van der Waals surface area (Å²) < 4.78 is 0. The minimum atomic E-state index is -0.937. The van der Waals surface area contributed by atoms with Crippen molar-refractivity contribution in [1.29, 1.82) is 0 Å². The van der Waals surface area contributed by atoms with Crippen molar-refractivity contribution in [1.82, 2.24) is 9.80 Å². The van der Waals surface area contributed by atoms with Crippen LogP contribution in [0, 0.1) is 0 Å². The third kappa shape index (κ3) is 2.69. The first-order valence-corrected chi connectivity index (χ1v) is 6.24. The minimum absolute atomic E-state index is 0.222. The first-order chi connectivity index (χ1) is 7.61. The molecule has 1 rings (SSSR count). The van der Waals surface area contributed by atoms with E-state index < -0.39 is 12.0 Å². The summed E-state index contributed by atoms with van der Waals surface area (Å²) in [4.78, 5) is 25.9. The fraction of sp³-hybridized carbons (Fsp3) is 0.600. The Morgan fingerprint density at radius 2 is 2.38 bits per heavy atom. The highest BCUT2D eigenvalue weighted by atomic mass is 32.2. The van der Waals surface area contributed by atoms with Gasteiger partial charge in [-0.1, -0.05) is 6.08 Å². The monoisotopic (exact) mass is 244 g/mol. The number of amides is 2. The molecule has 0 aromatic rings. The Balaban J connectivity index is 2.71. The van der Waals surface area contributed by atoms with Gasteiger partial charge in [-0.3, -0.25) is 0 Å². The average Bonchev–Trinajstić information content (AvgIpc) is 2.73. The van der Waals surface area contributed by atoms with Gasteiger partial charge in [0, 0.05) is 18.8 Å². The van der Waals surface area contributed by atoms with E-state index in [4.69, 9.17) is 5.11 Å². The molecule has 90 valence electrons. The summed E-state index contributed by atoms with van der Waals surface area (Å²) in [7, 11) is 0. The van der Waals surface area contributed by atoms with Crippen LogP contribution in [0.4, 0.5) is 4.79 Å². The van der Waals surface area contributed by atoms with Gasteiger partial charge in [-0.05, 0) is 6.92 Å². The van der Waals surface area contributed by atoms with Crippen LogP contribution in [-0.4, -0.2) is 57.7 Å². The van der Waals surface area contributed by atoms with Gasteiger partial charge in [-0.25, -0.2) is 9.59 Å². The molecule has 1 unspecified atom stereocenters. The quantitative estimate of drug-likeness (QED) is 0.752. The Kier molecular flexibility index (Phi) is 4.67. The van der Waals surface area contributed by atoms with Crippen LogP contribution in [0.2, 0.25) is 0 Å². The van der Waals surface area contributed by atoms with Gasteiger partial charge < -0.3 is 14.9 Å². The van der Waals surface area contributed by atoms with Crippen LogP contribution in [0.15, 0.2) is 12.7 Å². The highest BCUT2D eigenvalue weighted by Gasteiger charge is 2.36. The van der Waals surface area contributed by atoms with E-state index in [9.17, 15) is 9.59 Å². The van der Waals surface area contributed by atoms with E-state index in [0.717, 1.165) is 0 Å². The van der Waals surface area contributed by atoms with Crippen molar-refractivity contribution in [2.75, 3.05) is 24.7 Å². The second-order valence-electron chi connectivity index (χ2n) is 3.43. The SMILES string of the molecule is C=CCN(CC)C(=O)N1CSCC1C(=O)O. The second kappa shape index (κ2) is 5.79. The van der Waals surface area contributed by atoms with Crippen LogP contribution < -0.4 is 0 Å². The zero-order valence-electron chi connectivity index (χ0n) is 9.26. The molecule has 5 nitrogen and oxygen atoms in total. The Morgan fingerprint density at radius 3 is 2.88 bits per heavy atom. The number of nitrogens with zero attached hydrogens (tertiary/aromatic N) is 2. The zero-order valence-corrected chi connectivity index (χ0v) is 10.1. The maximum atomic E-state index is 12.0. The lowest BCUT2D eigenvalue weighted by Gasteiger charge is -2.28. The number of carboxylic acid groups (broad SMARTS) is 1. The maximum Gasteiger partial charge on any atom is 0.327 e. The van der Waals surface area contributed by atoms with Crippen LogP contribution in [-0.2, 0) is 4.79 Å². The first-order valence-electron chi connectivity index (χ1n) is 5.08. The number of likely N-dealkylation sites (N-methyl/N-ethyl adjacent to an activating group) is 1. The molecule has 0 bridgehead atoms. The van der Waals surface area contributed by atoms with Crippen LogP contribution in [0.25, 0.3) is 0 Å². The topological polar surface area (TPSA) is 60.9 Å². The maximum absolute atomic E-state index is 12.0. The summed E-state index contributed by atoms with van der Waals surface area (Å²) in [6, 6.07) is -0.920. The highest BCUT2D eigenvalue weighted by molar-refractivity contribution is 7.99. The fourth-order valence-electron chi connectivity index (χ4n) is 1.52. The van der Waals surface area contributed by atoms with Crippen LogP contribution >= 0.6 is 11.8 Å². The molecule has 0 radical (unpaired) electrons. The largest absolute Gasteiger partial charge is 0.480 e. The first kappa shape index (κ1) is 12.9. The predicted molar refractivity (Wildman–Crippen MR) is 63.4 cm³/mol.